The van der Waals surface area contributed by atoms with Crippen LogP contribution in [0.4, 0.5) is 11.4 Å². The molecule has 0 aromatic heterocycles. The summed E-state index contributed by atoms with van der Waals surface area (Å²) < 4.78 is 33.0. The lowest BCUT2D eigenvalue weighted by Crippen LogP contribution is -2.16. The van der Waals surface area contributed by atoms with Crippen molar-refractivity contribution < 1.29 is 17.9 Å². The first-order valence-corrected chi connectivity index (χ1v) is 8.94. The minimum Gasteiger partial charge on any atom is -0.494 e. The maximum absolute atomic E-state index is 12.6. The van der Waals surface area contributed by atoms with E-state index in [1.54, 1.807) is 30.3 Å². The van der Waals surface area contributed by atoms with Crippen molar-refractivity contribution in [3.05, 3.63) is 48.0 Å². The van der Waals surface area contributed by atoms with Gasteiger partial charge in [0.1, 0.15) is 5.75 Å². The van der Waals surface area contributed by atoms with Crippen molar-refractivity contribution in [2.24, 2.45) is 0 Å². The van der Waals surface area contributed by atoms with Crippen LogP contribution >= 0.6 is 0 Å². The Morgan fingerprint density at radius 2 is 1.75 bits per heavy atom. The summed E-state index contributed by atoms with van der Waals surface area (Å²) in [5.41, 5.74) is 1.57. The Kier molecular flexibility index (Phi) is 5.46. The monoisotopic (exact) mass is 348 g/mol. The second-order valence-electron chi connectivity index (χ2n) is 5.24. The zero-order chi connectivity index (χ0) is 17.7. The van der Waals surface area contributed by atoms with Crippen molar-refractivity contribution in [1.82, 2.24) is 0 Å². The van der Waals surface area contributed by atoms with E-state index in [2.05, 4.69) is 10.0 Å². The molecule has 2 aromatic rings. The predicted molar refractivity (Wildman–Crippen MR) is 93.9 cm³/mol. The van der Waals surface area contributed by atoms with Crippen LogP contribution in [0.1, 0.15) is 19.4 Å². The molecule has 0 radical (unpaired) electrons. The zero-order valence-corrected chi connectivity index (χ0v) is 14.6. The molecule has 0 spiro atoms. The summed E-state index contributed by atoms with van der Waals surface area (Å²) in [6, 6.07) is 11.3. The fourth-order valence-electron chi connectivity index (χ4n) is 2.08. The second kappa shape index (κ2) is 7.35. The number of amides is 1. The molecular weight excluding hydrogens is 328 g/mol. The Labute approximate surface area is 141 Å². The largest absolute Gasteiger partial charge is 0.494 e. The molecular formula is C17H20N2O4S. The first-order chi connectivity index (χ1) is 11.3. The maximum Gasteiger partial charge on any atom is 0.261 e. The number of carbonyl (C=O) groups is 1. The van der Waals surface area contributed by atoms with Crippen molar-refractivity contribution in [3.63, 3.8) is 0 Å². The predicted octanol–water partition coefficient (Wildman–Crippen LogP) is 3.15. The van der Waals surface area contributed by atoms with E-state index in [0.717, 1.165) is 5.56 Å². The van der Waals surface area contributed by atoms with Gasteiger partial charge in [-0.05, 0) is 38.1 Å². The molecule has 0 unspecified atom stereocenters. The number of benzene rings is 2. The molecule has 1 amide bonds. The molecule has 0 heterocycles. The second-order valence-corrected chi connectivity index (χ2v) is 6.92. The third kappa shape index (κ3) is 4.48. The van der Waals surface area contributed by atoms with Crippen molar-refractivity contribution in [2.75, 3.05) is 16.6 Å². The van der Waals surface area contributed by atoms with E-state index >= 15 is 0 Å². The van der Waals surface area contributed by atoms with Crippen LogP contribution in [-0.2, 0) is 14.8 Å². The first kappa shape index (κ1) is 17.8. The molecule has 6 nitrogen and oxygen atoms in total. The van der Waals surface area contributed by atoms with Crippen molar-refractivity contribution in [3.8, 4) is 5.75 Å². The molecule has 2 rings (SSSR count). The van der Waals surface area contributed by atoms with Gasteiger partial charge in [0.2, 0.25) is 5.91 Å². The first-order valence-electron chi connectivity index (χ1n) is 7.46. The average Bonchev–Trinajstić information content (AvgIpc) is 2.50. The van der Waals surface area contributed by atoms with E-state index in [1.807, 2.05) is 13.8 Å². The summed E-state index contributed by atoms with van der Waals surface area (Å²) in [5.74, 6) is 0.211. The van der Waals surface area contributed by atoms with E-state index < -0.39 is 10.0 Å². The van der Waals surface area contributed by atoms with Crippen molar-refractivity contribution >= 4 is 27.3 Å². The van der Waals surface area contributed by atoms with Crippen molar-refractivity contribution in [1.29, 1.82) is 0 Å². The van der Waals surface area contributed by atoms with Crippen LogP contribution in [0.2, 0.25) is 0 Å². The Bertz CT molecular complexity index is 830. The van der Waals surface area contributed by atoms with Gasteiger partial charge >= 0.3 is 0 Å². The van der Waals surface area contributed by atoms with Crippen LogP contribution in [0.25, 0.3) is 0 Å². The van der Waals surface area contributed by atoms with Crippen LogP contribution in [0.5, 0.6) is 5.75 Å². The summed E-state index contributed by atoms with van der Waals surface area (Å²) in [6.07, 6.45) is 0. The fourth-order valence-corrected chi connectivity index (χ4v) is 3.15. The molecule has 2 aromatic carbocycles. The number of anilines is 2. The summed E-state index contributed by atoms with van der Waals surface area (Å²) >= 11 is 0. The molecule has 2 N–H and O–H groups in total. The number of hydrogen-bond donors (Lipinski definition) is 2. The van der Waals surface area contributed by atoms with Gasteiger partial charge in [-0.1, -0.05) is 17.7 Å². The Morgan fingerprint density at radius 3 is 2.33 bits per heavy atom. The molecule has 0 aliphatic heterocycles. The van der Waals surface area contributed by atoms with Gasteiger partial charge in [-0.25, -0.2) is 8.42 Å². The number of ether oxygens (including phenoxy) is 1. The third-order valence-electron chi connectivity index (χ3n) is 3.19. The van der Waals surface area contributed by atoms with E-state index in [4.69, 9.17) is 4.74 Å². The number of rotatable bonds is 6. The van der Waals surface area contributed by atoms with E-state index in [1.165, 1.54) is 19.1 Å². The van der Waals surface area contributed by atoms with Gasteiger partial charge in [0, 0.05) is 13.0 Å². The number of sulfonamides is 1. The highest BCUT2D eigenvalue weighted by Gasteiger charge is 2.17. The highest BCUT2D eigenvalue weighted by Crippen LogP contribution is 2.29. The minimum absolute atomic E-state index is 0.142. The van der Waals surface area contributed by atoms with E-state index in [-0.39, 0.29) is 16.5 Å². The highest BCUT2D eigenvalue weighted by molar-refractivity contribution is 7.92. The molecule has 0 aliphatic rings. The van der Waals surface area contributed by atoms with Crippen LogP contribution in [0.15, 0.2) is 47.4 Å². The Morgan fingerprint density at radius 1 is 1.08 bits per heavy atom. The quantitative estimate of drug-likeness (QED) is 0.840. The molecule has 0 aliphatic carbocycles. The van der Waals surface area contributed by atoms with Gasteiger partial charge < -0.3 is 10.1 Å². The summed E-state index contributed by atoms with van der Waals surface area (Å²) in [6.45, 7) is 5.51. The highest BCUT2D eigenvalue weighted by atomic mass is 32.2. The molecule has 7 heteroatoms. The average molecular weight is 348 g/mol. The van der Waals surface area contributed by atoms with Crippen LogP contribution in [0.3, 0.4) is 0 Å². The summed E-state index contributed by atoms with van der Waals surface area (Å²) in [5, 5.41) is 2.60. The lowest BCUT2D eigenvalue weighted by Gasteiger charge is -2.15. The normalized spacial score (nSPS) is 11.0. The minimum atomic E-state index is -3.78. The molecule has 128 valence electrons. The Balaban J connectivity index is 2.39. The molecule has 24 heavy (non-hydrogen) atoms. The van der Waals surface area contributed by atoms with E-state index in [0.29, 0.717) is 18.0 Å². The lowest BCUT2D eigenvalue weighted by atomic mass is 10.2. The number of hydrogen-bond acceptors (Lipinski definition) is 4. The Hall–Kier alpha value is -2.54. The van der Waals surface area contributed by atoms with Crippen LogP contribution in [0, 0.1) is 6.92 Å². The number of aryl methyl sites for hydroxylation is 1. The van der Waals surface area contributed by atoms with Crippen molar-refractivity contribution in [2.45, 2.75) is 25.7 Å². The van der Waals surface area contributed by atoms with Gasteiger partial charge in [0.25, 0.3) is 10.0 Å². The number of nitrogens with one attached hydrogen (secondary N) is 2. The topological polar surface area (TPSA) is 84.5 Å². The van der Waals surface area contributed by atoms with Crippen LogP contribution in [-0.4, -0.2) is 20.9 Å². The molecule has 0 saturated carbocycles. The van der Waals surface area contributed by atoms with Gasteiger partial charge in [0.15, 0.2) is 0 Å². The molecule has 0 saturated heterocycles. The SMILES string of the molecule is CCOc1ccc(NC(C)=O)c(NS(=O)(=O)c2ccc(C)cc2)c1. The molecule has 0 fully saturated rings. The maximum atomic E-state index is 12.6. The zero-order valence-electron chi connectivity index (χ0n) is 13.8. The smallest absolute Gasteiger partial charge is 0.261 e. The van der Waals surface area contributed by atoms with E-state index in [9.17, 15) is 13.2 Å². The van der Waals surface area contributed by atoms with Gasteiger partial charge in [0.05, 0.1) is 22.9 Å². The summed E-state index contributed by atoms with van der Waals surface area (Å²) in [4.78, 5) is 11.5. The third-order valence-corrected chi connectivity index (χ3v) is 4.57. The van der Waals surface area contributed by atoms with Crippen LogP contribution < -0.4 is 14.8 Å². The fraction of sp³-hybridized carbons (Fsp3) is 0.235. The lowest BCUT2D eigenvalue weighted by molar-refractivity contribution is -0.114. The molecule has 0 bridgehead atoms. The standard InChI is InChI=1S/C17H20N2O4S/c1-4-23-14-7-10-16(18-13(3)20)17(11-14)19-24(21,22)15-8-5-12(2)6-9-15/h5-11,19H,4H2,1-3H3,(H,18,20). The van der Waals surface area contributed by atoms with Gasteiger partial charge in [-0.2, -0.15) is 0 Å². The summed E-state index contributed by atoms with van der Waals surface area (Å²) in [7, 11) is -3.78. The van der Waals surface area contributed by atoms with Gasteiger partial charge in [-0.15, -0.1) is 0 Å². The molecule has 0 atom stereocenters. The van der Waals surface area contributed by atoms with Gasteiger partial charge in [-0.3, -0.25) is 9.52 Å². The number of carbonyl (C=O) groups excluding carboxylic acids is 1.